The number of imide groups is 1. The predicted octanol–water partition coefficient (Wildman–Crippen LogP) is 2.77. The van der Waals surface area contributed by atoms with Crippen molar-refractivity contribution in [3.63, 3.8) is 0 Å². The van der Waals surface area contributed by atoms with Crippen LogP contribution in [0.2, 0.25) is 0 Å². The first-order chi connectivity index (χ1) is 16.2. The number of carbonyl (C=O) groups excluding carboxylic acids is 4. The lowest BCUT2D eigenvalue weighted by Gasteiger charge is -2.41. The molecule has 1 aromatic rings. The van der Waals surface area contributed by atoms with Crippen molar-refractivity contribution in [1.82, 2.24) is 5.06 Å². The summed E-state index contributed by atoms with van der Waals surface area (Å²) >= 11 is 0. The first-order valence-electron chi connectivity index (χ1n) is 11.0. The van der Waals surface area contributed by atoms with Gasteiger partial charge in [-0.2, -0.15) is 5.06 Å². The molecule has 4 unspecified atom stereocenters. The number of aromatic hydroxyl groups is 1. The minimum absolute atomic E-state index is 0.00445. The molecule has 174 valence electrons. The first-order valence-corrected chi connectivity index (χ1v) is 11.0. The summed E-state index contributed by atoms with van der Waals surface area (Å²) in [5, 5.41) is 20.0. The largest absolute Gasteiger partial charge is 0.504 e. The van der Waals surface area contributed by atoms with Gasteiger partial charge in [0.25, 0.3) is 11.8 Å². The normalized spacial score (nSPS) is 28.6. The van der Waals surface area contributed by atoms with Crippen LogP contribution in [0.25, 0.3) is 6.08 Å². The van der Waals surface area contributed by atoms with Crippen LogP contribution < -0.4 is 4.74 Å². The number of phenolic OH excluding ortho intramolecular Hbond substituents is 1. The van der Waals surface area contributed by atoms with Gasteiger partial charge in [-0.1, -0.05) is 29.9 Å². The van der Waals surface area contributed by atoms with Gasteiger partial charge in [-0.3, -0.25) is 24.4 Å². The van der Waals surface area contributed by atoms with Crippen LogP contribution in [0.15, 0.2) is 58.7 Å². The molecule has 1 aromatic carbocycles. The average molecular weight is 461 g/mol. The monoisotopic (exact) mass is 461 g/mol. The van der Waals surface area contributed by atoms with E-state index in [1.54, 1.807) is 31.2 Å². The van der Waals surface area contributed by atoms with Gasteiger partial charge in [-0.15, -0.1) is 0 Å². The Morgan fingerprint density at radius 2 is 1.88 bits per heavy atom. The third-order valence-electron chi connectivity index (χ3n) is 7.27. The number of hydroxylamine groups is 2. The highest BCUT2D eigenvalue weighted by atomic mass is 16.5. The first kappa shape index (κ1) is 22.0. The Hall–Kier alpha value is -3.78. The summed E-state index contributed by atoms with van der Waals surface area (Å²) in [6.45, 7) is 1.61. The van der Waals surface area contributed by atoms with E-state index in [4.69, 9.17) is 4.74 Å². The zero-order chi connectivity index (χ0) is 24.3. The highest BCUT2D eigenvalue weighted by Gasteiger charge is 2.55. The van der Waals surface area contributed by atoms with Crippen molar-refractivity contribution in [2.75, 3.05) is 7.11 Å². The lowest BCUT2D eigenvalue weighted by Crippen LogP contribution is -2.39. The highest BCUT2D eigenvalue weighted by Crippen LogP contribution is 2.52. The molecule has 1 heterocycles. The number of Topliss-reactive ketones (excluding diaryl/α,β-unsaturated/α-hetero) is 1. The SMILES string of the molecule is COc1cc(C=CC2C3=CCC4C(=O)N(O)C(=O)C4C3CC3=C2C(=O)C(C)=CC3=O)ccc1O. The van der Waals surface area contributed by atoms with E-state index in [1.807, 2.05) is 6.08 Å². The van der Waals surface area contributed by atoms with Crippen molar-refractivity contribution in [1.29, 1.82) is 0 Å². The highest BCUT2D eigenvalue weighted by molar-refractivity contribution is 6.23. The summed E-state index contributed by atoms with van der Waals surface area (Å²) in [7, 11) is 1.44. The number of ketones is 2. The number of fused-ring (bicyclic) bond motifs is 3. The van der Waals surface area contributed by atoms with Crippen LogP contribution >= 0.6 is 0 Å². The van der Waals surface area contributed by atoms with E-state index in [0.29, 0.717) is 28.0 Å². The summed E-state index contributed by atoms with van der Waals surface area (Å²) in [6.07, 6.45) is 7.22. The number of phenols is 1. The van der Waals surface area contributed by atoms with Crippen molar-refractivity contribution in [2.45, 2.75) is 19.8 Å². The molecule has 2 amide bonds. The second-order valence-corrected chi connectivity index (χ2v) is 9.05. The van der Waals surface area contributed by atoms with E-state index in [0.717, 1.165) is 5.57 Å². The maximum Gasteiger partial charge on any atom is 0.257 e. The van der Waals surface area contributed by atoms with E-state index in [9.17, 15) is 29.5 Å². The fourth-order valence-electron chi connectivity index (χ4n) is 5.63. The summed E-state index contributed by atoms with van der Waals surface area (Å²) in [4.78, 5) is 51.2. The molecule has 5 rings (SSSR count). The molecule has 0 bridgehead atoms. The summed E-state index contributed by atoms with van der Waals surface area (Å²) in [5.41, 5.74) is 2.62. The Bertz CT molecular complexity index is 1280. The molecule has 8 nitrogen and oxygen atoms in total. The Kier molecular flexibility index (Phi) is 5.13. The zero-order valence-electron chi connectivity index (χ0n) is 18.6. The number of carbonyl (C=O) groups is 4. The number of hydrogen-bond acceptors (Lipinski definition) is 7. The zero-order valence-corrected chi connectivity index (χ0v) is 18.6. The van der Waals surface area contributed by atoms with Crippen molar-refractivity contribution in [3.05, 3.63) is 64.3 Å². The summed E-state index contributed by atoms with van der Waals surface area (Å²) in [6, 6.07) is 4.84. The van der Waals surface area contributed by atoms with E-state index >= 15 is 0 Å². The molecule has 3 aliphatic carbocycles. The smallest absolute Gasteiger partial charge is 0.257 e. The van der Waals surface area contributed by atoms with Crippen molar-refractivity contribution < 1.29 is 34.2 Å². The molecular weight excluding hydrogens is 438 g/mol. The van der Waals surface area contributed by atoms with Crippen LogP contribution in [-0.2, 0) is 19.2 Å². The molecule has 1 fully saturated rings. The summed E-state index contributed by atoms with van der Waals surface area (Å²) in [5.74, 6) is -3.97. The fourth-order valence-corrected chi connectivity index (χ4v) is 5.63. The molecule has 0 radical (unpaired) electrons. The summed E-state index contributed by atoms with van der Waals surface area (Å²) < 4.78 is 5.17. The van der Waals surface area contributed by atoms with Crippen molar-refractivity contribution in [2.24, 2.45) is 23.7 Å². The van der Waals surface area contributed by atoms with Gasteiger partial charge in [0.15, 0.2) is 23.1 Å². The number of allylic oxidation sites excluding steroid dienone is 7. The van der Waals surface area contributed by atoms with E-state index < -0.39 is 35.5 Å². The van der Waals surface area contributed by atoms with Crippen LogP contribution in [0.3, 0.4) is 0 Å². The number of rotatable bonds is 3. The molecule has 2 N–H and O–H groups in total. The van der Waals surface area contributed by atoms with Gasteiger partial charge in [0.1, 0.15) is 0 Å². The van der Waals surface area contributed by atoms with Crippen molar-refractivity contribution >= 4 is 29.5 Å². The molecule has 1 saturated heterocycles. The maximum absolute atomic E-state index is 13.2. The second-order valence-electron chi connectivity index (χ2n) is 9.05. The lowest BCUT2D eigenvalue weighted by molar-refractivity contribution is -0.173. The molecule has 8 heteroatoms. The van der Waals surface area contributed by atoms with Gasteiger partial charge in [-0.25, -0.2) is 0 Å². The Labute approximate surface area is 195 Å². The van der Waals surface area contributed by atoms with Gasteiger partial charge in [-0.05, 0) is 49.5 Å². The van der Waals surface area contributed by atoms with Crippen LogP contribution in [0, 0.1) is 23.7 Å². The number of ether oxygens (including phenoxy) is 1. The number of hydrogen-bond donors (Lipinski definition) is 2. The Balaban J connectivity index is 1.62. The fraction of sp³-hybridized carbons (Fsp3) is 0.308. The van der Waals surface area contributed by atoms with Crippen LogP contribution in [0.4, 0.5) is 0 Å². The average Bonchev–Trinajstić information content (AvgIpc) is 3.05. The topological polar surface area (TPSA) is 121 Å². The van der Waals surface area contributed by atoms with Crippen LogP contribution in [0.5, 0.6) is 11.5 Å². The molecule has 4 aliphatic rings. The molecule has 4 atom stereocenters. The Morgan fingerprint density at radius 3 is 2.62 bits per heavy atom. The van der Waals surface area contributed by atoms with E-state index in [1.165, 1.54) is 19.3 Å². The Morgan fingerprint density at radius 1 is 1.12 bits per heavy atom. The number of amides is 2. The quantitative estimate of drug-likeness (QED) is 0.307. The second kappa shape index (κ2) is 7.92. The van der Waals surface area contributed by atoms with Crippen LogP contribution in [0.1, 0.15) is 25.3 Å². The van der Waals surface area contributed by atoms with Gasteiger partial charge >= 0.3 is 0 Å². The molecule has 1 aliphatic heterocycles. The van der Waals surface area contributed by atoms with Gasteiger partial charge in [0, 0.05) is 22.6 Å². The molecular formula is C26H23NO7. The molecule has 0 saturated carbocycles. The number of benzene rings is 1. The number of methoxy groups -OCH3 is 1. The van der Waals surface area contributed by atoms with Gasteiger partial charge in [0.2, 0.25) is 0 Å². The van der Waals surface area contributed by atoms with E-state index in [2.05, 4.69) is 0 Å². The van der Waals surface area contributed by atoms with E-state index in [-0.39, 0.29) is 35.2 Å². The molecule has 34 heavy (non-hydrogen) atoms. The third kappa shape index (κ3) is 3.17. The minimum Gasteiger partial charge on any atom is -0.504 e. The maximum atomic E-state index is 13.2. The predicted molar refractivity (Wildman–Crippen MR) is 119 cm³/mol. The third-order valence-corrected chi connectivity index (χ3v) is 7.27. The number of nitrogens with zero attached hydrogens (tertiary/aromatic N) is 1. The lowest BCUT2D eigenvalue weighted by atomic mass is 9.60. The molecule has 0 aromatic heterocycles. The van der Waals surface area contributed by atoms with Crippen molar-refractivity contribution in [3.8, 4) is 11.5 Å². The van der Waals surface area contributed by atoms with Gasteiger partial charge < -0.3 is 9.84 Å². The van der Waals surface area contributed by atoms with Gasteiger partial charge in [0.05, 0.1) is 18.9 Å². The molecule has 0 spiro atoms. The van der Waals surface area contributed by atoms with Crippen LogP contribution in [-0.4, -0.2) is 45.9 Å². The standard InChI is InChI=1S/C26H23NO7/c1-12-9-20(29)18-11-17-14(6-7-16-23(17)26(32)27(33)25(16)31)15(22(18)24(12)30)5-3-13-4-8-19(28)21(10-13)34-2/h3-6,8-10,15-17,23,28,33H,7,11H2,1-2H3. The minimum atomic E-state index is -0.772.